The number of fused-ring (bicyclic) bond motifs is 1. The molecule has 0 bridgehead atoms. The summed E-state index contributed by atoms with van der Waals surface area (Å²) in [5, 5.41) is 6.08. The largest absolute Gasteiger partial charge is 0.457 e. The summed E-state index contributed by atoms with van der Waals surface area (Å²) in [7, 11) is 0. The van der Waals surface area contributed by atoms with E-state index in [4.69, 9.17) is 4.74 Å². The summed E-state index contributed by atoms with van der Waals surface area (Å²) in [6, 6.07) is 25.4. The first-order chi connectivity index (χ1) is 14.6. The van der Waals surface area contributed by atoms with Gasteiger partial charge < -0.3 is 4.74 Å². The first-order valence-corrected chi connectivity index (χ1v) is 9.40. The molecule has 4 aromatic rings. The van der Waals surface area contributed by atoms with Crippen LogP contribution in [0.4, 0.5) is 0 Å². The summed E-state index contributed by atoms with van der Waals surface area (Å²) in [6.07, 6.45) is 3.12. The SMILES string of the molecule is CC(=O)N(N=Cc1cccc(Oc2ccccc2)c1)n1ccc(=O)c2ccccc21. The van der Waals surface area contributed by atoms with Crippen molar-refractivity contribution in [3.63, 3.8) is 0 Å². The average molecular weight is 397 g/mol. The maximum Gasteiger partial charge on any atom is 0.259 e. The fourth-order valence-corrected chi connectivity index (χ4v) is 3.05. The zero-order valence-electron chi connectivity index (χ0n) is 16.3. The van der Waals surface area contributed by atoms with E-state index in [0.29, 0.717) is 16.7 Å². The number of hydrogen-bond acceptors (Lipinski definition) is 4. The van der Waals surface area contributed by atoms with Gasteiger partial charge in [-0.3, -0.25) is 9.59 Å². The second-order valence-corrected chi connectivity index (χ2v) is 6.58. The van der Waals surface area contributed by atoms with Crippen LogP contribution in [0.15, 0.2) is 101 Å². The van der Waals surface area contributed by atoms with Gasteiger partial charge in [0, 0.05) is 24.6 Å². The topological polar surface area (TPSA) is 63.9 Å². The van der Waals surface area contributed by atoms with Gasteiger partial charge in [-0.1, -0.05) is 42.5 Å². The van der Waals surface area contributed by atoms with Crippen LogP contribution in [0.3, 0.4) is 0 Å². The van der Waals surface area contributed by atoms with Crippen LogP contribution in [0, 0.1) is 0 Å². The van der Waals surface area contributed by atoms with Crippen molar-refractivity contribution in [2.45, 2.75) is 6.92 Å². The van der Waals surface area contributed by atoms with E-state index in [1.54, 1.807) is 35.3 Å². The zero-order valence-corrected chi connectivity index (χ0v) is 16.3. The summed E-state index contributed by atoms with van der Waals surface area (Å²) in [6.45, 7) is 1.42. The van der Waals surface area contributed by atoms with Crippen LogP contribution in [-0.2, 0) is 4.79 Å². The molecule has 30 heavy (non-hydrogen) atoms. The molecule has 0 radical (unpaired) electrons. The lowest BCUT2D eigenvalue weighted by molar-refractivity contribution is -0.118. The third kappa shape index (κ3) is 4.12. The number of carbonyl (C=O) groups excluding carboxylic acids is 1. The van der Waals surface area contributed by atoms with E-state index < -0.39 is 0 Å². The summed E-state index contributed by atoms with van der Waals surface area (Å²) >= 11 is 0. The fraction of sp³-hybridized carbons (Fsp3) is 0.0417. The number of nitrogens with zero attached hydrogens (tertiary/aromatic N) is 3. The Labute approximate surface area is 173 Å². The first kappa shape index (κ1) is 19.1. The third-order valence-electron chi connectivity index (χ3n) is 4.42. The average Bonchev–Trinajstić information content (AvgIpc) is 2.76. The molecule has 0 spiro atoms. The minimum absolute atomic E-state index is 0.111. The normalized spacial score (nSPS) is 11.0. The van der Waals surface area contributed by atoms with Crippen LogP contribution < -0.4 is 15.3 Å². The van der Waals surface area contributed by atoms with Crippen molar-refractivity contribution in [1.82, 2.24) is 4.68 Å². The zero-order chi connectivity index (χ0) is 20.9. The van der Waals surface area contributed by atoms with Crippen molar-refractivity contribution in [2.75, 3.05) is 5.12 Å². The number of para-hydroxylation sites is 2. The maximum absolute atomic E-state index is 12.3. The molecule has 0 aliphatic heterocycles. The highest BCUT2D eigenvalue weighted by Gasteiger charge is 2.12. The number of hydrogen-bond donors (Lipinski definition) is 0. The summed E-state index contributed by atoms with van der Waals surface area (Å²) in [5.74, 6) is 1.10. The second kappa shape index (κ2) is 8.45. The standard InChI is InChI=1S/C24H19N3O3/c1-18(28)27(26-15-14-24(29)22-12-5-6-13-23(22)26)25-17-19-8-7-11-21(16-19)30-20-9-3-2-4-10-20/h2-17H,1H3. The molecular formula is C24H19N3O3. The van der Waals surface area contributed by atoms with E-state index in [2.05, 4.69) is 5.10 Å². The summed E-state index contributed by atoms with van der Waals surface area (Å²) < 4.78 is 7.40. The van der Waals surface area contributed by atoms with Gasteiger partial charge in [0.05, 0.1) is 11.7 Å². The Morgan fingerprint density at radius 1 is 0.933 bits per heavy atom. The Morgan fingerprint density at radius 3 is 2.47 bits per heavy atom. The van der Waals surface area contributed by atoms with Crippen molar-refractivity contribution in [2.24, 2.45) is 5.10 Å². The summed E-state index contributed by atoms with van der Waals surface area (Å²) in [5.41, 5.74) is 1.25. The lowest BCUT2D eigenvalue weighted by atomic mass is 10.2. The molecule has 0 unspecified atom stereocenters. The van der Waals surface area contributed by atoms with Crippen LogP contribution in [0.5, 0.6) is 11.5 Å². The number of benzene rings is 3. The van der Waals surface area contributed by atoms with Gasteiger partial charge in [-0.05, 0) is 42.0 Å². The molecule has 6 heteroatoms. The van der Waals surface area contributed by atoms with Gasteiger partial charge in [-0.15, -0.1) is 5.12 Å². The molecule has 4 rings (SSSR count). The fourth-order valence-electron chi connectivity index (χ4n) is 3.05. The third-order valence-corrected chi connectivity index (χ3v) is 4.42. The van der Waals surface area contributed by atoms with Crippen molar-refractivity contribution in [3.05, 3.63) is 107 Å². The van der Waals surface area contributed by atoms with E-state index in [1.807, 2.05) is 60.7 Å². The van der Waals surface area contributed by atoms with Crippen molar-refractivity contribution in [1.29, 1.82) is 0 Å². The molecule has 0 atom stereocenters. The van der Waals surface area contributed by atoms with E-state index in [9.17, 15) is 9.59 Å². The second-order valence-electron chi connectivity index (χ2n) is 6.58. The Balaban J connectivity index is 1.65. The van der Waals surface area contributed by atoms with Gasteiger partial charge in [0.1, 0.15) is 11.5 Å². The van der Waals surface area contributed by atoms with Gasteiger partial charge in [-0.2, -0.15) is 5.10 Å². The van der Waals surface area contributed by atoms with Crippen LogP contribution in [0.1, 0.15) is 12.5 Å². The Morgan fingerprint density at radius 2 is 1.67 bits per heavy atom. The molecular weight excluding hydrogens is 378 g/mol. The lowest BCUT2D eigenvalue weighted by Gasteiger charge is -2.20. The molecule has 3 aromatic carbocycles. The van der Waals surface area contributed by atoms with Gasteiger partial charge >= 0.3 is 0 Å². The van der Waals surface area contributed by atoms with Crippen LogP contribution in [-0.4, -0.2) is 16.8 Å². The van der Waals surface area contributed by atoms with Crippen molar-refractivity contribution >= 4 is 23.0 Å². The Hall–Kier alpha value is -4.19. The van der Waals surface area contributed by atoms with E-state index in [-0.39, 0.29) is 11.3 Å². The van der Waals surface area contributed by atoms with E-state index in [0.717, 1.165) is 11.3 Å². The van der Waals surface area contributed by atoms with Crippen LogP contribution in [0.25, 0.3) is 10.9 Å². The number of carbonyl (C=O) groups is 1. The van der Waals surface area contributed by atoms with Crippen molar-refractivity contribution in [3.8, 4) is 11.5 Å². The summed E-state index contributed by atoms with van der Waals surface area (Å²) in [4.78, 5) is 24.4. The van der Waals surface area contributed by atoms with Gasteiger partial charge in [0.15, 0.2) is 5.43 Å². The van der Waals surface area contributed by atoms with Crippen LogP contribution >= 0.6 is 0 Å². The van der Waals surface area contributed by atoms with Gasteiger partial charge in [0.25, 0.3) is 5.91 Å². The number of amides is 1. The first-order valence-electron chi connectivity index (χ1n) is 9.40. The Bertz CT molecular complexity index is 1280. The number of hydrazone groups is 1. The molecule has 1 aromatic heterocycles. The highest BCUT2D eigenvalue weighted by molar-refractivity contribution is 5.89. The smallest absolute Gasteiger partial charge is 0.259 e. The quantitative estimate of drug-likeness (QED) is 0.372. The molecule has 6 nitrogen and oxygen atoms in total. The number of rotatable bonds is 5. The highest BCUT2D eigenvalue weighted by Crippen LogP contribution is 2.21. The van der Waals surface area contributed by atoms with Gasteiger partial charge in [-0.25, -0.2) is 4.68 Å². The predicted octanol–water partition coefficient (Wildman–Crippen LogP) is 4.31. The van der Waals surface area contributed by atoms with Crippen LogP contribution in [0.2, 0.25) is 0 Å². The highest BCUT2D eigenvalue weighted by atomic mass is 16.5. The molecule has 148 valence electrons. The monoisotopic (exact) mass is 397 g/mol. The minimum atomic E-state index is -0.295. The van der Waals surface area contributed by atoms with Crippen molar-refractivity contribution < 1.29 is 9.53 Å². The maximum atomic E-state index is 12.3. The number of aromatic nitrogens is 1. The van der Waals surface area contributed by atoms with Gasteiger partial charge in [0.2, 0.25) is 0 Å². The molecule has 1 heterocycles. The number of pyridine rings is 1. The Kier molecular flexibility index (Phi) is 5.39. The molecule has 0 N–H and O–H groups in total. The predicted molar refractivity (Wildman–Crippen MR) is 118 cm³/mol. The minimum Gasteiger partial charge on any atom is -0.457 e. The number of ether oxygens (including phenoxy) is 1. The molecule has 0 aliphatic rings. The molecule has 0 saturated heterocycles. The van der Waals surface area contributed by atoms with E-state index in [1.165, 1.54) is 18.1 Å². The van der Waals surface area contributed by atoms with E-state index >= 15 is 0 Å². The lowest BCUT2D eigenvalue weighted by Crippen LogP contribution is -2.34. The molecule has 0 aliphatic carbocycles. The molecule has 0 saturated carbocycles. The molecule has 1 amide bonds. The molecule has 0 fully saturated rings.